The van der Waals surface area contributed by atoms with E-state index in [1.807, 2.05) is 6.07 Å². The maximum absolute atomic E-state index is 13.0. The number of benzene rings is 1. The number of carbonyl (C=O) groups excluding carboxylic acids is 1. The average Bonchev–Trinajstić information content (AvgIpc) is 3.27. The maximum Gasteiger partial charge on any atom is 0.310 e. The van der Waals surface area contributed by atoms with Crippen LogP contribution in [0.1, 0.15) is 80.5 Å². The van der Waals surface area contributed by atoms with Gasteiger partial charge in [-0.2, -0.15) is 0 Å². The molecule has 3 aliphatic carbocycles. The largest absolute Gasteiger partial charge is 0.411 e. The summed E-state index contributed by atoms with van der Waals surface area (Å²) in [5, 5.41) is 0.157. The lowest BCUT2D eigenvalue weighted by molar-refractivity contribution is -0.205. The minimum Gasteiger partial charge on any atom is -0.411 e. The summed E-state index contributed by atoms with van der Waals surface area (Å²) in [5.41, 5.74) is 2.60. The molecule has 0 spiro atoms. The van der Waals surface area contributed by atoms with E-state index >= 15 is 0 Å². The average molecular weight is 629 g/mol. The first-order chi connectivity index (χ1) is 19.1. The first-order valence-corrected chi connectivity index (χ1v) is 19.2. The molecule has 4 aliphatic rings. The molecule has 6 nitrogen and oxygen atoms in total. The molecule has 42 heavy (non-hydrogen) atoms. The third-order valence-electron chi connectivity index (χ3n) is 9.95. The van der Waals surface area contributed by atoms with Gasteiger partial charge in [-0.05, 0) is 92.0 Å². The van der Waals surface area contributed by atoms with Crippen molar-refractivity contribution >= 4 is 35.6 Å². The molecule has 1 N–H and O–H groups in total. The van der Waals surface area contributed by atoms with Crippen molar-refractivity contribution in [2.24, 2.45) is 0 Å². The second kappa shape index (κ2) is 8.35. The Labute approximate surface area is 243 Å². The molecule has 2 aromatic heterocycles. The van der Waals surface area contributed by atoms with Crippen molar-refractivity contribution in [2.75, 3.05) is 13.1 Å². The number of H-pyrrole nitrogens is 1. The molecule has 1 aromatic carbocycles. The second-order valence-corrected chi connectivity index (χ2v) is 21.2. The van der Waals surface area contributed by atoms with Gasteiger partial charge in [0.2, 0.25) is 0 Å². The van der Waals surface area contributed by atoms with Gasteiger partial charge in [-0.1, -0.05) is 40.2 Å². The summed E-state index contributed by atoms with van der Waals surface area (Å²) in [6.45, 7) is 12.2. The van der Waals surface area contributed by atoms with Crippen molar-refractivity contribution in [3.05, 3.63) is 53.5 Å². The Morgan fingerprint density at radius 1 is 1.02 bits per heavy atom. The van der Waals surface area contributed by atoms with E-state index in [0.717, 1.165) is 48.3 Å². The van der Waals surface area contributed by atoms with Crippen LogP contribution in [-0.4, -0.2) is 52.8 Å². The number of pyridine rings is 1. The van der Waals surface area contributed by atoms with Crippen LogP contribution in [-0.2, 0) is 9.84 Å². The van der Waals surface area contributed by atoms with Gasteiger partial charge in [-0.25, -0.2) is 9.97 Å². The van der Waals surface area contributed by atoms with Crippen molar-refractivity contribution in [3.63, 3.8) is 0 Å². The van der Waals surface area contributed by atoms with Gasteiger partial charge in [0.25, 0.3) is 5.91 Å². The number of nitrogens with one attached hydrogen (secondary N) is 1. The molecule has 1 aliphatic heterocycles. The SMILES string of the molecule is CC(C)(C)[Si](C)(C)OC12CC(c3nc4nccc(C5CCN(C(=O)c6ccc(S(F)(F)(F)(F)F)cc6)CC5)c4[nH]3)(C1)C2. The molecule has 0 atom stereocenters. The van der Waals surface area contributed by atoms with Crippen LogP contribution in [0.5, 0.6) is 0 Å². The van der Waals surface area contributed by atoms with Crippen LogP contribution in [0.15, 0.2) is 41.4 Å². The van der Waals surface area contributed by atoms with Crippen molar-refractivity contribution in [1.82, 2.24) is 19.9 Å². The Morgan fingerprint density at radius 2 is 1.62 bits per heavy atom. The van der Waals surface area contributed by atoms with Gasteiger partial charge >= 0.3 is 10.2 Å². The number of nitrogens with zero attached hydrogens (tertiary/aromatic N) is 3. The molecule has 1 amide bonds. The Balaban J connectivity index is 1.12. The third kappa shape index (κ3) is 4.94. The quantitative estimate of drug-likeness (QED) is 0.219. The Morgan fingerprint density at radius 3 is 2.17 bits per heavy atom. The molecule has 0 unspecified atom stereocenters. The summed E-state index contributed by atoms with van der Waals surface area (Å²) in [6, 6.07) is 4.21. The number of rotatable bonds is 6. The van der Waals surface area contributed by atoms with Crippen molar-refractivity contribution in [1.29, 1.82) is 0 Å². The monoisotopic (exact) mass is 628 g/mol. The zero-order valence-corrected chi connectivity index (χ0v) is 26.3. The van der Waals surface area contributed by atoms with Gasteiger partial charge < -0.3 is 14.3 Å². The maximum atomic E-state index is 13.0. The number of halogens is 5. The number of likely N-dealkylation sites (tertiary alicyclic amines) is 1. The van der Waals surface area contributed by atoms with Gasteiger partial charge in [-0.15, -0.1) is 0 Å². The molecule has 7 rings (SSSR count). The lowest BCUT2D eigenvalue weighted by Crippen LogP contribution is -2.74. The van der Waals surface area contributed by atoms with Crippen LogP contribution in [0, 0.1) is 0 Å². The summed E-state index contributed by atoms with van der Waals surface area (Å²) < 4.78 is 72.0. The van der Waals surface area contributed by atoms with E-state index in [0.29, 0.717) is 43.7 Å². The molecule has 3 saturated carbocycles. The number of aromatic nitrogens is 3. The topological polar surface area (TPSA) is 71.1 Å². The van der Waals surface area contributed by atoms with E-state index in [-0.39, 0.29) is 27.5 Å². The number of carbonyl (C=O) groups is 1. The summed E-state index contributed by atoms with van der Waals surface area (Å²) in [7, 11) is -11.6. The minimum absolute atomic E-state index is 0.00346. The first kappa shape index (κ1) is 29.6. The number of fused-ring (bicyclic) bond motifs is 1. The molecule has 2 bridgehead atoms. The van der Waals surface area contributed by atoms with Crippen LogP contribution in [0.25, 0.3) is 11.2 Å². The van der Waals surface area contributed by atoms with E-state index in [4.69, 9.17) is 9.41 Å². The predicted octanol–water partition coefficient (Wildman–Crippen LogP) is 8.83. The van der Waals surface area contributed by atoms with Crippen molar-refractivity contribution < 1.29 is 28.6 Å². The lowest BCUT2D eigenvalue weighted by atomic mass is 9.41. The van der Waals surface area contributed by atoms with Crippen LogP contribution in [0.3, 0.4) is 0 Å². The first-order valence-electron chi connectivity index (χ1n) is 14.3. The summed E-state index contributed by atoms with van der Waals surface area (Å²) in [6.07, 6.45) is 5.95. The highest BCUT2D eigenvalue weighted by molar-refractivity contribution is 8.45. The number of piperidine rings is 1. The normalized spacial score (nSPS) is 26.8. The second-order valence-electron chi connectivity index (χ2n) is 14.1. The van der Waals surface area contributed by atoms with Gasteiger partial charge in [0.05, 0.1) is 11.1 Å². The van der Waals surface area contributed by atoms with Crippen LogP contribution in [0.2, 0.25) is 18.1 Å². The van der Waals surface area contributed by atoms with Crippen molar-refractivity contribution in [2.45, 2.75) is 92.8 Å². The molecule has 3 aromatic rings. The standard InChI is InChI=1S/C29H37F5N4O2SSi/c1-27(2,3)42(4,5)40-29-16-28(17-29,18-29)26-36-23-22(10-13-35-24(23)37-26)19-11-14-38(15-12-19)25(39)20-6-8-21(9-7-20)41(30,31,32,33)34/h6-10,13,19H,11-12,14-18H2,1-5H3,(H,35,36,37). The molecular formula is C29H37F5N4O2SSi. The van der Waals surface area contributed by atoms with Crippen molar-refractivity contribution in [3.8, 4) is 0 Å². The fraction of sp³-hybridized carbons (Fsp3) is 0.552. The number of hydrogen-bond donors (Lipinski definition) is 1. The summed E-state index contributed by atoms with van der Waals surface area (Å²) in [4.78, 5) is 25.5. The fourth-order valence-corrected chi connectivity index (χ4v) is 8.96. The van der Waals surface area contributed by atoms with Crippen LogP contribution in [0.4, 0.5) is 19.4 Å². The molecule has 0 radical (unpaired) electrons. The van der Waals surface area contributed by atoms with E-state index < -0.39 is 29.3 Å². The Hall–Kier alpha value is -2.51. The molecule has 1 saturated heterocycles. The molecule has 3 heterocycles. The highest BCUT2D eigenvalue weighted by atomic mass is 32.5. The number of amides is 1. The third-order valence-corrected chi connectivity index (χ3v) is 15.7. The van der Waals surface area contributed by atoms with Gasteiger partial charge in [0.15, 0.2) is 14.0 Å². The van der Waals surface area contributed by atoms with E-state index in [1.54, 1.807) is 11.1 Å². The smallest absolute Gasteiger partial charge is 0.310 e. The molecular weight excluding hydrogens is 591 g/mol. The Bertz CT molecular complexity index is 1560. The zero-order chi connectivity index (χ0) is 30.6. The molecule has 13 heteroatoms. The zero-order valence-electron chi connectivity index (χ0n) is 24.4. The van der Waals surface area contributed by atoms with Crippen LogP contribution >= 0.6 is 10.2 Å². The molecule has 230 valence electrons. The highest BCUT2D eigenvalue weighted by Crippen LogP contribution is 3.02. The highest BCUT2D eigenvalue weighted by Gasteiger charge is 2.72. The van der Waals surface area contributed by atoms with E-state index in [9.17, 15) is 24.2 Å². The number of imidazole rings is 1. The number of aromatic amines is 1. The van der Waals surface area contributed by atoms with E-state index in [2.05, 4.69) is 43.8 Å². The fourth-order valence-electron chi connectivity index (χ4n) is 6.70. The van der Waals surface area contributed by atoms with Gasteiger partial charge in [0.1, 0.15) is 10.7 Å². The summed E-state index contributed by atoms with van der Waals surface area (Å²) >= 11 is 0. The minimum atomic E-state index is -9.78. The summed E-state index contributed by atoms with van der Waals surface area (Å²) in [5.74, 6) is 0.633. The molecule has 4 fully saturated rings. The number of hydrogen-bond acceptors (Lipinski definition) is 4. The Kier molecular flexibility index (Phi) is 5.87. The predicted molar refractivity (Wildman–Crippen MR) is 156 cm³/mol. The van der Waals surface area contributed by atoms with Gasteiger partial charge in [0, 0.05) is 30.3 Å². The lowest BCUT2D eigenvalue weighted by Gasteiger charge is -2.71. The van der Waals surface area contributed by atoms with E-state index in [1.165, 1.54) is 0 Å². The van der Waals surface area contributed by atoms with Crippen LogP contribution < -0.4 is 0 Å². The van der Waals surface area contributed by atoms with Gasteiger partial charge in [-0.3, -0.25) is 4.79 Å².